The lowest BCUT2D eigenvalue weighted by Gasteiger charge is -2.09. The molecule has 16 heavy (non-hydrogen) atoms. The fourth-order valence-corrected chi connectivity index (χ4v) is 3.59. The van der Waals surface area contributed by atoms with Gasteiger partial charge < -0.3 is 4.74 Å². The van der Waals surface area contributed by atoms with E-state index in [1.807, 2.05) is 30.3 Å². The second kappa shape index (κ2) is 4.97. The molecular weight excluding hydrogens is 224 g/mol. The molecule has 1 atom stereocenters. The second-order valence-electron chi connectivity index (χ2n) is 4.18. The highest BCUT2D eigenvalue weighted by atomic mass is 32.2. The van der Waals surface area contributed by atoms with E-state index in [2.05, 4.69) is 0 Å². The van der Waals surface area contributed by atoms with Gasteiger partial charge in [0, 0.05) is 6.61 Å². The summed E-state index contributed by atoms with van der Waals surface area (Å²) in [6.45, 7) is 0.700. The molecule has 4 heteroatoms. The van der Waals surface area contributed by atoms with E-state index in [-0.39, 0.29) is 17.6 Å². The molecule has 1 aromatic rings. The molecule has 0 aromatic heterocycles. The first-order valence-corrected chi connectivity index (χ1v) is 7.34. The molecule has 1 aromatic carbocycles. The number of sulfone groups is 1. The van der Waals surface area contributed by atoms with Gasteiger partial charge in [-0.3, -0.25) is 0 Å². The molecule has 0 aliphatic carbocycles. The van der Waals surface area contributed by atoms with Gasteiger partial charge >= 0.3 is 0 Å². The van der Waals surface area contributed by atoms with Crippen molar-refractivity contribution in [1.29, 1.82) is 0 Å². The first-order chi connectivity index (χ1) is 7.66. The largest absolute Gasteiger partial charge is 0.377 e. The van der Waals surface area contributed by atoms with Crippen LogP contribution in [0, 0.1) is 0 Å². The fraction of sp³-hybridized carbons (Fsp3) is 0.500. The molecule has 1 aliphatic heterocycles. The summed E-state index contributed by atoms with van der Waals surface area (Å²) in [7, 11) is -3.04. The average molecular weight is 240 g/mol. The number of ether oxygens (including phenoxy) is 1. The first-order valence-electron chi connectivity index (χ1n) is 5.52. The van der Waals surface area contributed by atoms with Gasteiger partial charge in [0.25, 0.3) is 0 Å². The number of hydrogen-bond donors (Lipinski definition) is 0. The van der Waals surface area contributed by atoms with Gasteiger partial charge in [0.1, 0.15) is 0 Å². The summed E-state index contributed by atoms with van der Waals surface area (Å²) >= 11 is 0. The maximum absolute atomic E-state index is 11.9. The Labute approximate surface area is 96.4 Å². The summed E-state index contributed by atoms with van der Waals surface area (Å²) in [6.07, 6.45) is 1.76. The molecule has 0 radical (unpaired) electrons. The molecule has 3 nitrogen and oxygen atoms in total. The Morgan fingerprint density at radius 1 is 1.25 bits per heavy atom. The smallest absolute Gasteiger partial charge is 0.156 e. The van der Waals surface area contributed by atoms with Crippen molar-refractivity contribution in [3.63, 3.8) is 0 Å². The maximum atomic E-state index is 11.9. The minimum Gasteiger partial charge on any atom is -0.377 e. The molecule has 1 aliphatic rings. The van der Waals surface area contributed by atoms with Gasteiger partial charge in [0.15, 0.2) is 9.84 Å². The van der Waals surface area contributed by atoms with Crippen LogP contribution in [0.25, 0.3) is 0 Å². The van der Waals surface area contributed by atoms with Gasteiger partial charge in [-0.25, -0.2) is 8.42 Å². The molecule has 0 N–H and O–H groups in total. The third kappa shape index (κ3) is 3.32. The summed E-state index contributed by atoms with van der Waals surface area (Å²) in [6, 6.07) is 9.28. The van der Waals surface area contributed by atoms with E-state index in [1.165, 1.54) is 0 Å². The Morgan fingerprint density at radius 3 is 2.62 bits per heavy atom. The van der Waals surface area contributed by atoms with Crippen LogP contribution >= 0.6 is 0 Å². The highest BCUT2D eigenvalue weighted by Gasteiger charge is 2.23. The van der Waals surface area contributed by atoms with E-state index >= 15 is 0 Å². The standard InChI is InChI=1S/C12H16O3S/c13-16(14,10-12-7-4-8-15-12)9-11-5-2-1-3-6-11/h1-3,5-6,12H,4,7-10H2. The number of rotatable bonds is 4. The summed E-state index contributed by atoms with van der Waals surface area (Å²) < 4.78 is 29.1. The van der Waals surface area contributed by atoms with E-state index in [1.54, 1.807) is 0 Å². The predicted molar refractivity (Wildman–Crippen MR) is 62.9 cm³/mol. The van der Waals surface area contributed by atoms with Crippen LogP contribution in [0.5, 0.6) is 0 Å². The Hall–Kier alpha value is -0.870. The van der Waals surface area contributed by atoms with Gasteiger partial charge in [0.05, 0.1) is 17.6 Å². The molecule has 1 saturated heterocycles. The molecule has 88 valence electrons. The monoisotopic (exact) mass is 240 g/mol. The lowest BCUT2D eigenvalue weighted by molar-refractivity contribution is 0.127. The van der Waals surface area contributed by atoms with E-state index in [9.17, 15) is 8.42 Å². The molecule has 0 amide bonds. The third-order valence-corrected chi connectivity index (χ3v) is 4.35. The average Bonchev–Trinajstić information content (AvgIpc) is 2.70. The van der Waals surface area contributed by atoms with Crippen molar-refractivity contribution in [2.24, 2.45) is 0 Å². The van der Waals surface area contributed by atoms with Gasteiger partial charge in [-0.15, -0.1) is 0 Å². The zero-order valence-electron chi connectivity index (χ0n) is 9.13. The molecule has 0 spiro atoms. The van der Waals surface area contributed by atoms with Crippen molar-refractivity contribution in [2.75, 3.05) is 12.4 Å². The van der Waals surface area contributed by atoms with Crippen molar-refractivity contribution in [3.05, 3.63) is 35.9 Å². The molecular formula is C12H16O3S. The van der Waals surface area contributed by atoms with Gasteiger partial charge in [0.2, 0.25) is 0 Å². The van der Waals surface area contributed by atoms with Crippen LogP contribution in [0.4, 0.5) is 0 Å². The van der Waals surface area contributed by atoms with Crippen LogP contribution in [-0.4, -0.2) is 26.9 Å². The van der Waals surface area contributed by atoms with Crippen LogP contribution in [0.2, 0.25) is 0 Å². The highest BCUT2D eigenvalue weighted by molar-refractivity contribution is 7.90. The Morgan fingerprint density at radius 2 is 2.00 bits per heavy atom. The van der Waals surface area contributed by atoms with Crippen molar-refractivity contribution in [2.45, 2.75) is 24.7 Å². The van der Waals surface area contributed by atoms with E-state index in [0.29, 0.717) is 6.61 Å². The van der Waals surface area contributed by atoms with Crippen LogP contribution in [0.15, 0.2) is 30.3 Å². The fourth-order valence-electron chi connectivity index (χ4n) is 1.95. The van der Waals surface area contributed by atoms with E-state index in [4.69, 9.17) is 4.74 Å². The summed E-state index contributed by atoms with van der Waals surface area (Å²) in [5.41, 5.74) is 0.848. The Kier molecular flexibility index (Phi) is 3.61. The maximum Gasteiger partial charge on any atom is 0.156 e. The van der Waals surface area contributed by atoms with Crippen LogP contribution in [0.1, 0.15) is 18.4 Å². The van der Waals surface area contributed by atoms with Crippen molar-refractivity contribution in [1.82, 2.24) is 0 Å². The van der Waals surface area contributed by atoms with Gasteiger partial charge in [-0.2, -0.15) is 0 Å². The zero-order valence-corrected chi connectivity index (χ0v) is 9.95. The Balaban J connectivity index is 1.97. The lowest BCUT2D eigenvalue weighted by Crippen LogP contribution is -2.21. The van der Waals surface area contributed by atoms with Crippen molar-refractivity contribution < 1.29 is 13.2 Å². The quantitative estimate of drug-likeness (QED) is 0.805. The van der Waals surface area contributed by atoms with Crippen LogP contribution in [0.3, 0.4) is 0 Å². The SMILES string of the molecule is O=S(=O)(Cc1ccccc1)CC1CCCO1. The minimum atomic E-state index is -3.04. The summed E-state index contributed by atoms with van der Waals surface area (Å²) in [5, 5.41) is 0. The van der Waals surface area contributed by atoms with Crippen LogP contribution < -0.4 is 0 Å². The van der Waals surface area contributed by atoms with Crippen molar-refractivity contribution in [3.8, 4) is 0 Å². The van der Waals surface area contributed by atoms with E-state index < -0.39 is 9.84 Å². The molecule has 1 heterocycles. The molecule has 1 fully saturated rings. The highest BCUT2D eigenvalue weighted by Crippen LogP contribution is 2.16. The number of hydrogen-bond acceptors (Lipinski definition) is 3. The molecule has 2 rings (SSSR count). The third-order valence-electron chi connectivity index (χ3n) is 2.69. The predicted octanol–water partition coefficient (Wildman–Crippen LogP) is 1.78. The molecule has 1 unspecified atom stereocenters. The van der Waals surface area contributed by atoms with Crippen molar-refractivity contribution >= 4 is 9.84 Å². The van der Waals surface area contributed by atoms with E-state index in [0.717, 1.165) is 18.4 Å². The first kappa shape index (κ1) is 11.6. The summed E-state index contributed by atoms with van der Waals surface area (Å²) in [5.74, 6) is 0.273. The molecule has 0 saturated carbocycles. The Bertz CT molecular complexity index is 419. The van der Waals surface area contributed by atoms with Gasteiger partial charge in [-0.1, -0.05) is 30.3 Å². The lowest BCUT2D eigenvalue weighted by atomic mass is 10.2. The number of benzene rings is 1. The summed E-state index contributed by atoms with van der Waals surface area (Å²) in [4.78, 5) is 0. The normalized spacial score (nSPS) is 21.1. The van der Waals surface area contributed by atoms with Crippen LogP contribution in [-0.2, 0) is 20.3 Å². The molecule has 0 bridgehead atoms. The second-order valence-corrected chi connectivity index (χ2v) is 6.28. The zero-order chi connectivity index (χ0) is 11.4. The van der Waals surface area contributed by atoms with Gasteiger partial charge in [-0.05, 0) is 18.4 Å². The minimum absolute atomic E-state index is 0.0892. The topological polar surface area (TPSA) is 43.4 Å².